The quantitative estimate of drug-likeness (QED) is 0.858. The second-order valence-corrected chi connectivity index (χ2v) is 7.22. The van der Waals surface area contributed by atoms with Gasteiger partial charge < -0.3 is 14.1 Å². The van der Waals surface area contributed by atoms with E-state index in [9.17, 15) is 4.79 Å². The van der Waals surface area contributed by atoms with Crippen molar-refractivity contribution >= 4 is 5.91 Å². The summed E-state index contributed by atoms with van der Waals surface area (Å²) in [5.41, 5.74) is -0.0558. The van der Waals surface area contributed by atoms with Crippen LogP contribution in [0.4, 0.5) is 0 Å². The van der Waals surface area contributed by atoms with Gasteiger partial charge in [0.05, 0.1) is 18.4 Å². The van der Waals surface area contributed by atoms with E-state index in [0.29, 0.717) is 0 Å². The average molecular weight is 318 g/mol. The summed E-state index contributed by atoms with van der Waals surface area (Å²) < 4.78 is 11.7. The highest BCUT2D eigenvalue weighted by Gasteiger charge is 2.45. The standard InChI is InChI=1S/C18H26N2O3/c21-17(20-9-1-2-10-20)16-5-6-18(23-16)7-11-19(12-8-18)14-15-4-3-13-22-15/h3-4,13,16H,1-2,5-12,14H2/t16-/m1/s1. The van der Waals surface area contributed by atoms with E-state index in [0.717, 1.165) is 77.0 Å². The predicted octanol–water partition coefficient (Wildman–Crippen LogP) is 2.42. The lowest BCUT2D eigenvalue weighted by atomic mass is 9.88. The predicted molar refractivity (Wildman–Crippen MR) is 85.9 cm³/mol. The van der Waals surface area contributed by atoms with Gasteiger partial charge in [0.2, 0.25) is 0 Å². The van der Waals surface area contributed by atoms with Crippen LogP contribution in [0.1, 0.15) is 44.3 Å². The number of ether oxygens (including phenoxy) is 1. The summed E-state index contributed by atoms with van der Waals surface area (Å²) in [4.78, 5) is 16.9. The van der Waals surface area contributed by atoms with Crippen molar-refractivity contribution in [1.82, 2.24) is 9.80 Å². The van der Waals surface area contributed by atoms with Crippen molar-refractivity contribution in [3.8, 4) is 0 Å². The number of amides is 1. The average Bonchev–Trinajstić information content (AvgIpc) is 3.31. The minimum atomic E-state index is -0.190. The van der Waals surface area contributed by atoms with E-state index in [1.165, 1.54) is 0 Å². The molecule has 1 spiro atoms. The SMILES string of the molecule is O=C([C@H]1CCC2(CCN(Cc3ccco3)CC2)O1)N1CCCC1. The van der Waals surface area contributed by atoms with Crippen LogP contribution in [0.5, 0.6) is 0 Å². The van der Waals surface area contributed by atoms with E-state index in [4.69, 9.17) is 9.15 Å². The number of carbonyl (C=O) groups is 1. The maximum Gasteiger partial charge on any atom is 0.251 e. The van der Waals surface area contributed by atoms with Gasteiger partial charge in [-0.15, -0.1) is 0 Å². The monoisotopic (exact) mass is 318 g/mol. The summed E-state index contributed by atoms with van der Waals surface area (Å²) in [5, 5.41) is 0. The Balaban J connectivity index is 1.30. The number of piperidine rings is 1. The normalized spacial score (nSPS) is 27.8. The molecular weight excluding hydrogens is 292 g/mol. The lowest BCUT2D eigenvalue weighted by molar-refractivity contribution is -0.150. The third-order valence-electron chi connectivity index (χ3n) is 5.67. The maximum atomic E-state index is 12.5. The Morgan fingerprint density at radius 2 is 1.96 bits per heavy atom. The van der Waals surface area contributed by atoms with Gasteiger partial charge in [0.25, 0.3) is 5.91 Å². The Morgan fingerprint density at radius 1 is 1.17 bits per heavy atom. The number of rotatable bonds is 3. The Kier molecular flexibility index (Phi) is 4.16. The van der Waals surface area contributed by atoms with Crippen LogP contribution in [0.3, 0.4) is 0 Å². The minimum absolute atomic E-state index is 0.0558. The topological polar surface area (TPSA) is 45.9 Å². The number of hydrogen-bond acceptors (Lipinski definition) is 4. The first-order valence-electron chi connectivity index (χ1n) is 8.96. The number of furan rings is 1. The van der Waals surface area contributed by atoms with Gasteiger partial charge >= 0.3 is 0 Å². The second kappa shape index (κ2) is 6.29. The second-order valence-electron chi connectivity index (χ2n) is 7.22. The fraction of sp³-hybridized carbons (Fsp3) is 0.722. The molecule has 3 saturated heterocycles. The van der Waals surface area contributed by atoms with Crippen LogP contribution in [0.15, 0.2) is 22.8 Å². The van der Waals surface area contributed by atoms with Crippen molar-refractivity contribution in [2.45, 2.75) is 56.8 Å². The van der Waals surface area contributed by atoms with Crippen LogP contribution < -0.4 is 0 Å². The summed E-state index contributed by atoms with van der Waals surface area (Å²) >= 11 is 0. The molecule has 126 valence electrons. The Morgan fingerprint density at radius 3 is 2.65 bits per heavy atom. The molecule has 0 unspecified atom stereocenters. The largest absolute Gasteiger partial charge is 0.468 e. The van der Waals surface area contributed by atoms with Crippen LogP contribution in [0.25, 0.3) is 0 Å². The molecule has 3 fully saturated rings. The van der Waals surface area contributed by atoms with Crippen molar-refractivity contribution in [3.63, 3.8) is 0 Å². The van der Waals surface area contributed by atoms with Gasteiger partial charge in [0.1, 0.15) is 11.9 Å². The van der Waals surface area contributed by atoms with Gasteiger partial charge in [-0.25, -0.2) is 0 Å². The van der Waals surface area contributed by atoms with Crippen molar-refractivity contribution in [2.75, 3.05) is 26.2 Å². The zero-order valence-electron chi connectivity index (χ0n) is 13.7. The number of likely N-dealkylation sites (tertiary alicyclic amines) is 2. The molecule has 0 bridgehead atoms. The third-order valence-corrected chi connectivity index (χ3v) is 5.67. The molecule has 5 nitrogen and oxygen atoms in total. The third kappa shape index (κ3) is 3.17. The molecule has 1 amide bonds. The van der Waals surface area contributed by atoms with E-state index >= 15 is 0 Å². The minimum Gasteiger partial charge on any atom is -0.468 e. The number of carbonyl (C=O) groups excluding carboxylic acids is 1. The zero-order valence-corrected chi connectivity index (χ0v) is 13.7. The Labute approximate surface area is 137 Å². The molecule has 5 heteroatoms. The van der Waals surface area contributed by atoms with Crippen LogP contribution in [-0.4, -0.2) is 53.6 Å². The fourth-order valence-electron chi connectivity index (χ4n) is 4.24. The summed E-state index contributed by atoms with van der Waals surface area (Å²) in [6.07, 6.45) is 7.81. The van der Waals surface area contributed by atoms with E-state index in [1.807, 2.05) is 17.0 Å². The molecule has 1 atom stereocenters. The van der Waals surface area contributed by atoms with Gasteiger partial charge in [-0.2, -0.15) is 0 Å². The zero-order chi connectivity index (χ0) is 15.7. The summed E-state index contributed by atoms with van der Waals surface area (Å²) in [7, 11) is 0. The molecular formula is C18H26N2O3. The highest BCUT2D eigenvalue weighted by Crippen LogP contribution is 2.39. The highest BCUT2D eigenvalue weighted by atomic mass is 16.5. The summed E-state index contributed by atoms with van der Waals surface area (Å²) in [6, 6.07) is 3.97. The van der Waals surface area contributed by atoms with Crippen LogP contribution in [0.2, 0.25) is 0 Å². The maximum absolute atomic E-state index is 12.5. The van der Waals surface area contributed by atoms with E-state index in [-0.39, 0.29) is 17.6 Å². The molecule has 3 aliphatic rings. The molecule has 0 saturated carbocycles. The lowest BCUT2D eigenvalue weighted by Crippen LogP contribution is -2.45. The van der Waals surface area contributed by atoms with Crippen LogP contribution in [0, 0.1) is 0 Å². The van der Waals surface area contributed by atoms with Gasteiger partial charge in [0.15, 0.2) is 0 Å². The van der Waals surface area contributed by atoms with Crippen molar-refractivity contribution < 1.29 is 13.9 Å². The Hall–Kier alpha value is -1.33. The van der Waals surface area contributed by atoms with Gasteiger partial charge in [-0.3, -0.25) is 9.69 Å². The molecule has 4 heterocycles. The summed E-state index contributed by atoms with van der Waals surface area (Å²) in [6.45, 7) is 4.75. The fourth-order valence-corrected chi connectivity index (χ4v) is 4.24. The molecule has 1 aromatic heterocycles. The first-order valence-corrected chi connectivity index (χ1v) is 8.96. The molecule has 0 N–H and O–H groups in total. The molecule has 4 rings (SSSR count). The van der Waals surface area contributed by atoms with Crippen molar-refractivity contribution in [3.05, 3.63) is 24.2 Å². The number of hydrogen-bond donors (Lipinski definition) is 0. The van der Waals surface area contributed by atoms with E-state index in [2.05, 4.69) is 4.90 Å². The van der Waals surface area contributed by atoms with E-state index < -0.39 is 0 Å². The smallest absolute Gasteiger partial charge is 0.251 e. The first-order chi connectivity index (χ1) is 11.2. The Bertz CT molecular complexity index is 528. The van der Waals surface area contributed by atoms with Crippen molar-refractivity contribution in [1.29, 1.82) is 0 Å². The summed E-state index contributed by atoms with van der Waals surface area (Å²) in [5.74, 6) is 1.26. The van der Waals surface area contributed by atoms with Crippen LogP contribution in [-0.2, 0) is 16.1 Å². The van der Waals surface area contributed by atoms with Gasteiger partial charge in [-0.05, 0) is 50.7 Å². The molecule has 1 aromatic rings. The van der Waals surface area contributed by atoms with Gasteiger partial charge in [-0.1, -0.05) is 0 Å². The highest BCUT2D eigenvalue weighted by molar-refractivity contribution is 5.81. The van der Waals surface area contributed by atoms with Crippen LogP contribution >= 0.6 is 0 Å². The lowest BCUT2D eigenvalue weighted by Gasteiger charge is -2.38. The number of nitrogens with zero attached hydrogens (tertiary/aromatic N) is 2. The van der Waals surface area contributed by atoms with Gasteiger partial charge in [0, 0.05) is 26.2 Å². The first kappa shape index (κ1) is 15.2. The molecule has 23 heavy (non-hydrogen) atoms. The molecule has 3 aliphatic heterocycles. The molecule has 0 radical (unpaired) electrons. The molecule has 0 aromatic carbocycles. The van der Waals surface area contributed by atoms with Crippen molar-refractivity contribution in [2.24, 2.45) is 0 Å². The van der Waals surface area contributed by atoms with E-state index in [1.54, 1.807) is 6.26 Å². The molecule has 0 aliphatic carbocycles.